The zero-order valence-electron chi connectivity index (χ0n) is 18.7. The maximum Gasteiger partial charge on any atom is 0.393 e. The van der Waals surface area contributed by atoms with Crippen LogP contribution in [0.5, 0.6) is 0 Å². The summed E-state index contributed by atoms with van der Waals surface area (Å²) in [6, 6.07) is 2.04. The third kappa shape index (κ3) is 4.99. The molecule has 0 amide bonds. The first-order valence-corrected chi connectivity index (χ1v) is 12.1. The van der Waals surface area contributed by atoms with Crippen molar-refractivity contribution in [1.82, 2.24) is 30.0 Å². The summed E-state index contributed by atoms with van der Waals surface area (Å²) in [5, 5.41) is 8.83. The Labute approximate surface area is 194 Å². The number of hydrogen-bond donors (Lipinski definition) is 1. The second kappa shape index (κ2) is 8.84. The number of anilines is 1. The molecule has 3 aromatic rings. The van der Waals surface area contributed by atoms with E-state index in [4.69, 9.17) is 0 Å². The molecule has 0 radical (unpaired) electrons. The Kier molecular flexibility index (Phi) is 6.04. The molecule has 0 aliphatic carbocycles. The van der Waals surface area contributed by atoms with Gasteiger partial charge in [-0.1, -0.05) is 0 Å². The summed E-state index contributed by atoms with van der Waals surface area (Å²) in [4.78, 5) is 14.3. The number of aryl methyl sites for hydroxylation is 1. The fraction of sp³-hybridized carbons (Fsp3) is 0.591. The van der Waals surface area contributed by atoms with Gasteiger partial charge < -0.3 is 4.90 Å². The van der Waals surface area contributed by atoms with Gasteiger partial charge in [0.25, 0.3) is 0 Å². The minimum Gasteiger partial charge on any atom is -0.356 e. The topological polar surface area (TPSA) is 62.1 Å². The largest absolute Gasteiger partial charge is 0.393 e. The van der Waals surface area contributed by atoms with Crippen molar-refractivity contribution in [3.05, 3.63) is 35.2 Å². The predicted octanol–water partition coefficient (Wildman–Crippen LogP) is 3.57. The maximum atomic E-state index is 12.9. The van der Waals surface area contributed by atoms with Crippen LogP contribution in [-0.4, -0.2) is 62.7 Å². The van der Waals surface area contributed by atoms with E-state index in [0.717, 1.165) is 61.6 Å². The molecule has 11 heteroatoms. The number of halogens is 3. The van der Waals surface area contributed by atoms with Gasteiger partial charge in [-0.25, -0.2) is 9.97 Å². The minimum absolute atomic E-state index is 0.263. The van der Waals surface area contributed by atoms with Gasteiger partial charge in [-0.15, -0.1) is 11.3 Å². The summed E-state index contributed by atoms with van der Waals surface area (Å²) >= 11 is 1.11. The standard InChI is InChI=1S/C22H28F3N7S/c1-14-29-19-4-6-32(12-16(19)3-5-31(14)11-15-9-28-30(2)10-15)20-18-7-17(8-22(23,24)25)33-21(18)27-13-26-20/h7,9-10,13-14,16,19,29H,3-6,8,11-12H2,1-2H3/t14-,16-,19-/m1/s1. The molecular formula is C22H28F3N7S. The Morgan fingerprint density at radius 1 is 1.21 bits per heavy atom. The van der Waals surface area contributed by atoms with E-state index in [9.17, 15) is 13.2 Å². The van der Waals surface area contributed by atoms with Crippen LogP contribution in [0.15, 0.2) is 24.8 Å². The molecule has 7 nitrogen and oxygen atoms in total. The number of alkyl halides is 3. The molecular weight excluding hydrogens is 451 g/mol. The lowest BCUT2D eigenvalue weighted by atomic mass is 9.89. The Hall–Kier alpha value is -2.24. The molecule has 0 spiro atoms. The Morgan fingerprint density at radius 3 is 2.82 bits per heavy atom. The van der Waals surface area contributed by atoms with Crippen LogP contribution in [0.4, 0.5) is 19.0 Å². The van der Waals surface area contributed by atoms with Crippen molar-refractivity contribution in [2.24, 2.45) is 13.0 Å². The molecule has 3 atom stereocenters. The highest BCUT2D eigenvalue weighted by Gasteiger charge is 2.35. The minimum atomic E-state index is -4.22. The number of aromatic nitrogens is 4. The van der Waals surface area contributed by atoms with Crippen molar-refractivity contribution in [2.45, 2.75) is 51.1 Å². The molecule has 0 bridgehead atoms. The molecule has 0 aromatic carbocycles. The molecule has 2 fully saturated rings. The van der Waals surface area contributed by atoms with Gasteiger partial charge in [-0.2, -0.15) is 18.3 Å². The molecule has 3 aromatic heterocycles. The lowest BCUT2D eigenvalue weighted by Crippen LogP contribution is -2.52. The molecule has 2 saturated heterocycles. The molecule has 0 unspecified atom stereocenters. The number of nitrogens with one attached hydrogen (secondary N) is 1. The monoisotopic (exact) mass is 479 g/mol. The Balaban J connectivity index is 1.31. The predicted molar refractivity (Wildman–Crippen MR) is 122 cm³/mol. The van der Waals surface area contributed by atoms with Crippen molar-refractivity contribution < 1.29 is 13.2 Å². The van der Waals surface area contributed by atoms with Crippen LogP contribution in [0.3, 0.4) is 0 Å². The van der Waals surface area contributed by atoms with E-state index in [1.807, 2.05) is 17.9 Å². The summed E-state index contributed by atoms with van der Waals surface area (Å²) in [7, 11) is 1.93. The van der Waals surface area contributed by atoms with Crippen LogP contribution in [0.2, 0.25) is 0 Å². The van der Waals surface area contributed by atoms with E-state index < -0.39 is 12.6 Å². The lowest BCUT2D eigenvalue weighted by Gasteiger charge is -2.39. The molecule has 2 aliphatic rings. The molecule has 2 aliphatic heterocycles. The van der Waals surface area contributed by atoms with Crippen LogP contribution in [0, 0.1) is 5.92 Å². The summed E-state index contributed by atoms with van der Waals surface area (Å²) < 4.78 is 40.5. The summed E-state index contributed by atoms with van der Waals surface area (Å²) in [5.41, 5.74) is 1.20. The average molecular weight is 480 g/mol. The Bertz CT molecular complexity index is 1110. The summed E-state index contributed by atoms with van der Waals surface area (Å²) in [6.07, 6.45) is 2.59. The summed E-state index contributed by atoms with van der Waals surface area (Å²) in [5.74, 6) is 1.20. The van der Waals surface area contributed by atoms with E-state index in [-0.39, 0.29) is 11.0 Å². The van der Waals surface area contributed by atoms with Crippen molar-refractivity contribution in [2.75, 3.05) is 24.5 Å². The number of nitrogens with zero attached hydrogens (tertiary/aromatic N) is 6. The van der Waals surface area contributed by atoms with Gasteiger partial charge in [0.1, 0.15) is 17.0 Å². The summed E-state index contributed by atoms with van der Waals surface area (Å²) in [6.45, 7) is 5.70. The second-order valence-corrected chi connectivity index (χ2v) is 10.3. The number of hydrogen-bond acceptors (Lipinski definition) is 7. The normalized spacial score (nSPS) is 24.8. The quantitative estimate of drug-likeness (QED) is 0.618. The van der Waals surface area contributed by atoms with E-state index in [1.165, 1.54) is 11.9 Å². The van der Waals surface area contributed by atoms with Gasteiger partial charge in [0, 0.05) is 55.9 Å². The van der Waals surface area contributed by atoms with Gasteiger partial charge >= 0.3 is 6.18 Å². The van der Waals surface area contributed by atoms with Crippen molar-refractivity contribution in [1.29, 1.82) is 0 Å². The van der Waals surface area contributed by atoms with Gasteiger partial charge in [-0.05, 0) is 31.7 Å². The molecule has 5 heterocycles. The lowest BCUT2D eigenvalue weighted by molar-refractivity contribution is -0.126. The molecule has 178 valence electrons. The fourth-order valence-corrected chi connectivity index (χ4v) is 6.13. The molecule has 0 saturated carbocycles. The van der Waals surface area contributed by atoms with Gasteiger partial charge in [0.15, 0.2) is 0 Å². The Morgan fingerprint density at radius 2 is 2.06 bits per heavy atom. The molecule has 5 rings (SSSR count). The van der Waals surface area contributed by atoms with Gasteiger partial charge in [0.2, 0.25) is 0 Å². The zero-order valence-corrected chi connectivity index (χ0v) is 19.5. The third-order valence-electron chi connectivity index (χ3n) is 6.70. The SMILES string of the molecule is C[C@@H]1N[C@@H]2CCN(c3ncnc4sc(CC(F)(F)F)cc34)C[C@H]2CCN1Cc1cnn(C)c1. The van der Waals surface area contributed by atoms with E-state index in [1.54, 1.807) is 6.07 Å². The van der Waals surface area contributed by atoms with Crippen LogP contribution < -0.4 is 10.2 Å². The van der Waals surface area contributed by atoms with E-state index in [2.05, 4.69) is 43.3 Å². The van der Waals surface area contributed by atoms with Crippen LogP contribution in [-0.2, 0) is 20.0 Å². The van der Waals surface area contributed by atoms with E-state index >= 15 is 0 Å². The second-order valence-electron chi connectivity index (χ2n) is 9.15. The number of thiophene rings is 1. The van der Waals surface area contributed by atoms with Crippen LogP contribution in [0.1, 0.15) is 30.2 Å². The van der Waals surface area contributed by atoms with Crippen LogP contribution in [0.25, 0.3) is 10.2 Å². The number of piperidine rings is 1. The van der Waals surface area contributed by atoms with Crippen molar-refractivity contribution in [3.8, 4) is 0 Å². The highest BCUT2D eigenvalue weighted by molar-refractivity contribution is 7.18. The molecule has 33 heavy (non-hydrogen) atoms. The zero-order chi connectivity index (χ0) is 23.2. The first-order valence-electron chi connectivity index (χ1n) is 11.3. The van der Waals surface area contributed by atoms with Gasteiger partial charge in [-0.3, -0.25) is 14.9 Å². The van der Waals surface area contributed by atoms with Crippen molar-refractivity contribution in [3.63, 3.8) is 0 Å². The highest BCUT2D eigenvalue weighted by atomic mass is 32.1. The molecule has 1 N–H and O–H groups in total. The van der Waals surface area contributed by atoms with Crippen LogP contribution >= 0.6 is 11.3 Å². The average Bonchev–Trinajstić information content (AvgIpc) is 3.31. The smallest absolute Gasteiger partial charge is 0.356 e. The fourth-order valence-electron chi connectivity index (χ4n) is 5.11. The highest BCUT2D eigenvalue weighted by Crippen LogP contribution is 2.36. The van der Waals surface area contributed by atoms with Gasteiger partial charge in [0.05, 0.1) is 24.2 Å². The first kappa shape index (κ1) is 22.5. The number of fused-ring (bicyclic) bond motifs is 2. The number of rotatable bonds is 4. The third-order valence-corrected chi connectivity index (χ3v) is 7.74. The first-order chi connectivity index (χ1) is 15.7. The van der Waals surface area contributed by atoms with E-state index in [0.29, 0.717) is 16.8 Å². The maximum absolute atomic E-state index is 12.9. The van der Waals surface area contributed by atoms with Crippen molar-refractivity contribution >= 4 is 27.4 Å².